The van der Waals surface area contributed by atoms with Crippen molar-refractivity contribution in [3.05, 3.63) is 0 Å². The SMILES string of the molecule is CC1CC(NCC2CCCN(S(C)(=O)=O)C2)CCN1C. The first-order chi connectivity index (χ1) is 9.36. The van der Waals surface area contributed by atoms with Gasteiger partial charge in [0.05, 0.1) is 6.26 Å². The number of rotatable bonds is 4. The molecule has 0 aliphatic carbocycles. The number of sulfonamides is 1. The molecule has 2 aliphatic rings. The topological polar surface area (TPSA) is 52.7 Å². The van der Waals surface area contributed by atoms with Gasteiger partial charge in [-0.25, -0.2) is 12.7 Å². The Labute approximate surface area is 123 Å². The van der Waals surface area contributed by atoms with E-state index in [0.29, 0.717) is 31.1 Å². The van der Waals surface area contributed by atoms with E-state index in [2.05, 4.69) is 24.2 Å². The molecule has 0 aromatic heterocycles. The van der Waals surface area contributed by atoms with Gasteiger partial charge in [-0.2, -0.15) is 0 Å². The summed E-state index contributed by atoms with van der Waals surface area (Å²) in [5.41, 5.74) is 0. The number of nitrogens with one attached hydrogen (secondary N) is 1. The van der Waals surface area contributed by atoms with Crippen LogP contribution in [-0.4, -0.2) is 69.2 Å². The lowest BCUT2D eigenvalue weighted by molar-refractivity contribution is 0.161. The molecule has 2 fully saturated rings. The lowest BCUT2D eigenvalue weighted by atomic mass is 9.96. The zero-order valence-electron chi connectivity index (χ0n) is 13.0. The Kier molecular flexibility index (Phi) is 5.45. The molecule has 2 rings (SSSR count). The van der Waals surface area contributed by atoms with Gasteiger partial charge in [-0.15, -0.1) is 0 Å². The third kappa shape index (κ3) is 4.41. The van der Waals surface area contributed by atoms with E-state index in [-0.39, 0.29) is 0 Å². The average molecular weight is 303 g/mol. The fourth-order valence-electron chi connectivity index (χ4n) is 3.30. The van der Waals surface area contributed by atoms with Crippen molar-refractivity contribution in [1.29, 1.82) is 0 Å². The number of hydrogen-bond acceptors (Lipinski definition) is 4. The van der Waals surface area contributed by atoms with Crippen molar-refractivity contribution in [1.82, 2.24) is 14.5 Å². The summed E-state index contributed by atoms with van der Waals surface area (Å²) in [5, 5.41) is 3.67. The van der Waals surface area contributed by atoms with Gasteiger partial charge >= 0.3 is 0 Å². The zero-order valence-corrected chi connectivity index (χ0v) is 13.8. The molecule has 0 amide bonds. The van der Waals surface area contributed by atoms with Crippen LogP contribution in [0.5, 0.6) is 0 Å². The molecule has 2 saturated heterocycles. The molecule has 0 aromatic rings. The lowest BCUT2D eigenvalue weighted by Gasteiger charge is -2.37. The molecule has 5 nitrogen and oxygen atoms in total. The molecule has 0 aromatic carbocycles. The Morgan fingerprint density at radius 2 is 2.00 bits per heavy atom. The summed E-state index contributed by atoms with van der Waals surface area (Å²) in [4.78, 5) is 2.41. The van der Waals surface area contributed by atoms with Gasteiger partial charge in [-0.1, -0.05) is 0 Å². The summed E-state index contributed by atoms with van der Waals surface area (Å²) in [6.07, 6.45) is 5.84. The highest BCUT2D eigenvalue weighted by Crippen LogP contribution is 2.20. The predicted molar refractivity (Wildman–Crippen MR) is 82.3 cm³/mol. The monoisotopic (exact) mass is 303 g/mol. The van der Waals surface area contributed by atoms with E-state index >= 15 is 0 Å². The minimum absolute atomic E-state index is 0.466. The maximum atomic E-state index is 11.6. The molecule has 0 radical (unpaired) electrons. The Morgan fingerprint density at radius 1 is 1.25 bits per heavy atom. The Morgan fingerprint density at radius 3 is 2.65 bits per heavy atom. The van der Waals surface area contributed by atoms with Crippen LogP contribution in [0.3, 0.4) is 0 Å². The van der Waals surface area contributed by atoms with E-state index in [1.54, 1.807) is 4.31 Å². The minimum atomic E-state index is -3.02. The first kappa shape index (κ1) is 16.2. The summed E-state index contributed by atoms with van der Waals surface area (Å²) in [7, 11) is -0.833. The molecule has 3 atom stereocenters. The van der Waals surface area contributed by atoms with Gasteiger partial charge in [-0.05, 0) is 58.7 Å². The van der Waals surface area contributed by atoms with Crippen LogP contribution >= 0.6 is 0 Å². The van der Waals surface area contributed by atoms with Crippen molar-refractivity contribution >= 4 is 10.0 Å². The smallest absolute Gasteiger partial charge is 0.211 e. The van der Waals surface area contributed by atoms with Crippen LogP contribution in [0, 0.1) is 5.92 Å². The van der Waals surface area contributed by atoms with E-state index in [4.69, 9.17) is 0 Å². The largest absolute Gasteiger partial charge is 0.314 e. The van der Waals surface area contributed by atoms with Gasteiger partial charge in [0.15, 0.2) is 0 Å². The van der Waals surface area contributed by atoms with Gasteiger partial charge in [0.2, 0.25) is 10.0 Å². The van der Waals surface area contributed by atoms with Gasteiger partial charge in [-0.3, -0.25) is 0 Å². The standard InChI is InChI=1S/C14H29N3O2S/c1-12-9-14(6-8-16(12)2)15-10-13-5-4-7-17(11-13)20(3,18)19/h12-15H,4-11H2,1-3H3. The highest BCUT2D eigenvalue weighted by atomic mass is 32.2. The molecule has 0 spiro atoms. The number of hydrogen-bond donors (Lipinski definition) is 1. The molecule has 1 N–H and O–H groups in total. The summed E-state index contributed by atoms with van der Waals surface area (Å²) in [5.74, 6) is 0.466. The second kappa shape index (κ2) is 6.73. The first-order valence-corrected chi connectivity index (χ1v) is 9.60. The quantitative estimate of drug-likeness (QED) is 0.832. The van der Waals surface area contributed by atoms with E-state index in [9.17, 15) is 8.42 Å². The van der Waals surface area contributed by atoms with Crippen LogP contribution in [0.15, 0.2) is 0 Å². The van der Waals surface area contributed by atoms with Crippen LogP contribution in [0.2, 0.25) is 0 Å². The predicted octanol–water partition coefficient (Wildman–Crippen LogP) is 0.730. The second-order valence-electron chi connectivity index (χ2n) is 6.59. The molecule has 2 heterocycles. The van der Waals surface area contributed by atoms with E-state index in [1.807, 2.05) is 0 Å². The van der Waals surface area contributed by atoms with E-state index < -0.39 is 10.0 Å². The number of nitrogens with zero attached hydrogens (tertiary/aromatic N) is 2. The lowest BCUT2D eigenvalue weighted by Crippen LogP contribution is -2.48. The molecule has 118 valence electrons. The first-order valence-electron chi connectivity index (χ1n) is 7.75. The van der Waals surface area contributed by atoms with Crippen molar-refractivity contribution in [2.75, 3.05) is 39.5 Å². The van der Waals surface area contributed by atoms with Crippen LogP contribution in [0.25, 0.3) is 0 Å². The molecule has 0 bridgehead atoms. The highest BCUT2D eigenvalue weighted by molar-refractivity contribution is 7.88. The molecular weight excluding hydrogens is 274 g/mol. The third-order valence-electron chi connectivity index (χ3n) is 4.85. The molecular formula is C14H29N3O2S. The van der Waals surface area contributed by atoms with Crippen LogP contribution in [0.1, 0.15) is 32.6 Å². The number of piperidine rings is 2. The summed E-state index contributed by atoms with van der Waals surface area (Å²) in [6, 6.07) is 1.23. The Balaban J connectivity index is 1.77. The summed E-state index contributed by atoms with van der Waals surface area (Å²) >= 11 is 0. The Hall–Kier alpha value is -0.170. The van der Waals surface area contributed by atoms with Crippen molar-refractivity contribution < 1.29 is 8.42 Å². The molecule has 3 unspecified atom stereocenters. The molecule has 20 heavy (non-hydrogen) atoms. The molecule has 0 saturated carbocycles. The summed E-state index contributed by atoms with van der Waals surface area (Å²) in [6.45, 7) is 5.76. The van der Waals surface area contributed by atoms with Crippen LogP contribution < -0.4 is 5.32 Å². The summed E-state index contributed by atoms with van der Waals surface area (Å²) < 4.78 is 24.9. The van der Waals surface area contributed by atoms with Gasteiger partial charge in [0.1, 0.15) is 0 Å². The zero-order chi connectivity index (χ0) is 14.8. The average Bonchev–Trinajstić information content (AvgIpc) is 2.39. The van der Waals surface area contributed by atoms with Gasteiger partial charge in [0, 0.05) is 25.2 Å². The van der Waals surface area contributed by atoms with Gasteiger partial charge < -0.3 is 10.2 Å². The van der Waals surface area contributed by atoms with Crippen molar-refractivity contribution in [2.24, 2.45) is 5.92 Å². The maximum Gasteiger partial charge on any atom is 0.211 e. The minimum Gasteiger partial charge on any atom is -0.314 e. The third-order valence-corrected chi connectivity index (χ3v) is 6.12. The van der Waals surface area contributed by atoms with Crippen molar-refractivity contribution in [3.8, 4) is 0 Å². The molecule has 2 aliphatic heterocycles. The number of likely N-dealkylation sites (tertiary alicyclic amines) is 1. The van der Waals surface area contributed by atoms with Gasteiger partial charge in [0.25, 0.3) is 0 Å². The fraction of sp³-hybridized carbons (Fsp3) is 1.00. The second-order valence-corrected chi connectivity index (χ2v) is 8.57. The van der Waals surface area contributed by atoms with E-state index in [1.165, 1.54) is 19.1 Å². The van der Waals surface area contributed by atoms with Crippen LogP contribution in [-0.2, 0) is 10.0 Å². The Bertz CT molecular complexity index is 413. The van der Waals surface area contributed by atoms with E-state index in [0.717, 1.165) is 25.9 Å². The van der Waals surface area contributed by atoms with Crippen molar-refractivity contribution in [2.45, 2.75) is 44.7 Å². The van der Waals surface area contributed by atoms with Crippen molar-refractivity contribution in [3.63, 3.8) is 0 Å². The molecule has 6 heteroatoms. The maximum absolute atomic E-state index is 11.6. The highest BCUT2D eigenvalue weighted by Gasteiger charge is 2.27. The normalized spacial score (nSPS) is 34.2. The van der Waals surface area contributed by atoms with Crippen LogP contribution in [0.4, 0.5) is 0 Å². The fourth-order valence-corrected chi connectivity index (χ4v) is 4.25.